The number of ether oxygens (including phenoxy) is 2. The first-order valence-corrected chi connectivity index (χ1v) is 8.21. The van der Waals surface area contributed by atoms with E-state index in [2.05, 4.69) is 0 Å². The van der Waals surface area contributed by atoms with E-state index in [9.17, 15) is 4.79 Å². The van der Waals surface area contributed by atoms with Crippen LogP contribution < -0.4 is 9.47 Å². The van der Waals surface area contributed by atoms with Crippen LogP contribution in [0.2, 0.25) is 0 Å². The van der Waals surface area contributed by atoms with Gasteiger partial charge >= 0.3 is 0 Å². The molecule has 24 heavy (non-hydrogen) atoms. The van der Waals surface area contributed by atoms with Gasteiger partial charge in [0.2, 0.25) is 5.91 Å². The molecule has 0 radical (unpaired) electrons. The van der Waals surface area contributed by atoms with Crippen LogP contribution in [0.1, 0.15) is 24.5 Å². The van der Waals surface area contributed by atoms with Crippen LogP contribution in [-0.4, -0.2) is 31.6 Å². The van der Waals surface area contributed by atoms with Crippen molar-refractivity contribution in [3.05, 3.63) is 59.7 Å². The molecule has 0 aromatic heterocycles. The minimum Gasteiger partial charge on any atom is -0.497 e. The molecule has 2 rings (SSSR count). The van der Waals surface area contributed by atoms with Gasteiger partial charge in [-0.2, -0.15) is 0 Å². The van der Waals surface area contributed by atoms with E-state index in [0.717, 1.165) is 29.0 Å². The van der Waals surface area contributed by atoms with Crippen LogP contribution in [-0.2, 0) is 17.8 Å². The van der Waals surface area contributed by atoms with E-state index in [0.29, 0.717) is 19.6 Å². The monoisotopic (exact) mass is 327 g/mol. The number of carbonyl (C=O) groups is 1. The zero-order valence-electron chi connectivity index (χ0n) is 14.6. The zero-order chi connectivity index (χ0) is 17.4. The van der Waals surface area contributed by atoms with Crippen molar-refractivity contribution in [3.8, 4) is 11.5 Å². The number of benzene rings is 2. The van der Waals surface area contributed by atoms with Crippen molar-refractivity contribution in [2.75, 3.05) is 20.8 Å². The van der Waals surface area contributed by atoms with Crippen molar-refractivity contribution in [2.45, 2.75) is 26.3 Å². The highest BCUT2D eigenvalue weighted by Gasteiger charge is 2.09. The number of methoxy groups -OCH3 is 1. The predicted octanol–water partition coefficient (Wildman–Crippen LogP) is 3.69. The third-order valence-corrected chi connectivity index (χ3v) is 3.87. The molecule has 0 bridgehead atoms. The minimum atomic E-state index is 0.139. The Balaban J connectivity index is 1.82. The Kier molecular flexibility index (Phi) is 6.67. The third kappa shape index (κ3) is 5.30. The van der Waals surface area contributed by atoms with Gasteiger partial charge in [0.1, 0.15) is 11.5 Å². The van der Waals surface area contributed by atoms with Crippen molar-refractivity contribution >= 4 is 5.91 Å². The summed E-state index contributed by atoms with van der Waals surface area (Å²) in [4.78, 5) is 14.1. The molecular formula is C20H25NO3. The fraction of sp³-hybridized carbons (Fsp3) is 0.350. The van der Waals surface area contributed by atoms with Gasteiger partial charge in [0, 0.05) is 20.0 Å². The molecule has 4 heteroatoms. The SMILES string of the molecule is CCOc1ccc(CN(C)C(=O)CCc2ccc(OC)cc2)cc1. The first kappa shape index (κ1) is 17.9. The maximum absolute atomic E-state index is 12.3. The highest BCUT2D eigenvalue weighted by molar-refractivity contribution is 5.76. The Morgan fingerprint density at radius 3 is 2.12 bits per heavy atom. The lowest BCUT2D eigenvalue weighted by molar-refractivity contribution is -0.130. The summed E-state index contributed by atoms with van der Waals surface area (Å²) in [6.45, 7) is 3.22. The van der Waals surface area contributed by atoms with Crippen LogP contribution in [0.25, 0.3) is 0 Å². The molecule has 0 fully saturated rings. The van der Waals surface area contributed by atoms with Crippen LogP contribution in [0, 0.1) is 0 Å². The van der Waals surface area contributed by atoms with Crippen LogP contribution >= 0.6 is 0 Å². The maximum Gasteiger partial charge on any atom is 0.222 e. The molecule has 0 saturated heterocycles. The van der Waals surface area contributed by atoms with Crippen molar-refractivity contribution in [1.29, 1.82) is 0 Å². The van der Waals surface area contributed by atoms with Crippen LogP contribution in [0.15, 0.2) is 48.5 Å². The van der Waals surface area contributed by atoms with Gasteiger partial charge in [0.05, 0.1) is 13.7 Å². The molecule has 0 aliphatic carbocycles. The molecule has 0 aliphatic heterocycles. The Hall–Kier alpha value is -2.49. The molecular weight excluding hydrogens is 302 g/mol. The fourth-order valence-electron chi connectivity index (χ4n) is 2.45. The average molecular weight is 327 g/mol. The average Bonchev–Trinajstić information content (AvgIpc) is 2.62. The van der Waals surface area contributed by atoms with E-state index in [4.69, 9.17) is 9.47 Å². The number of amides is 1. The highest BCUT2D eigenvalue weighted by atomic mass is 16.5. The number of nitrogens with zero attached hydrogens (tertiary/aromatic N) is 1. The maximum atomic E-state index is 12.3. The van der Waals surface area contributed by atoms with Crippen LogP contribution in [0.4, 0.5) is 0 Å². The second kappa shape index (κ2) is 8.96. The predicted molar refractivity (Wildman–Crippen MR) is 95.4 cm³/mol. The van der Waals surface area contributed by atoms with E-state index >= 15 is 0 Å². The molecule has 2 aromatic carbocycles. The van der Waals surface area contributed by atoms with Crippen molar-refractivity contribution in [1.82, 2.24) is 4.90 Å². The molecule has 0 unspecified atom stereocenters. The van der Waals surface area contributed by atoms with Crippen molar-refractivity contribution < 1.29 is 14.3 Å². The van der Waals surface area contributed by atoms with Gasteiger partial charge in [-0.1, -0.05) is 24.3 Å². The van der Waals surface area contributed by atoms with E-state index < -0.39 is 0 Å². The number of carbonyl (C=O) groups excluding carboxylic acids is 1. The number of aryl methyl sites for hydroxylation is 1. The number of hydrogen-bond acceptors (Lipinski definition) is 3. The standard InChI is InChI=1S/C20H25NO3/c1-4-24-19-12-7-17(8-13-19)15-21(2)20(22)14-9-16-5-10-18(23-3)11-6-16/h5-8,10-13H,4,9,14-15H2,1-3H3. The molecule has 0 saturated carbocycles. The van der Waals surface area contributed by atoms with E-state index in [1.807, 2.05) is 62.5 Å². The fourth-order valence-corrected chi connectivity index (χ4v) is 2.45. The van der Waals surface area contributed by atoms with Gasteiger partial charge in [0.15, 0.2) is 0 Å². The van der Waals surface area contributed by atoms with Gasteiger partial charge in [-0.15, -0.1) is 0 Å². The summed E-state index contributed by atoms with van der Waals surface area (Å²) in [5.41, 5.74) is 2.23. The van der Waals surface area contributed by atoms with Gasteiger partial charge in [-0.05, 0) is 48.7 Å². The normalized spacial score (nSPS) is 10.3. The third-order valence-electron chi connectivity index (χ3n) is 3.87. The zero-order valence-corrected chi connectivity index (χ0v) is 14.6. The molecule has 2 aromatic rings. The molecule has 1 amide bonds. The first-order valence-electron chi connectivity index (χ1n) is 8.21. The van der Waals surface area contributed by atoms with Gasteiger partial charge in [-0.25, -0.2) is 0 Å². The molecule has 0 aliphatic rings. The first-order chi connectivity index (χ1) is 11.6. The number of hydrogen-bond donors (Lipinski definition) is 0. The van der Waals surface area contributed by atoms with Crippen LogP contribution in [0.3, 0.4) is 0 Å². The lowest BCUT2D eigenvalue weighted by atomic mass is 10.1. The van der Waals surface area contributed by atoms with Gasteiger partial charge < -0.3 is 14.4 Å². The summed E-state index contributed by atoms with van der Waals surface area (Å²) in [5, 5.41) is 0. The number of rotatable bonds is 8. The molecule has 0 spiro atoms. The smallest absolute Gasteiger partial charge is 0.222 e. The molecule has 0 heterocycles. The van der Waals surface area contributed by atoms with E-state index in [1.165, 1.54) is 0 Å². The highest BCUT2D eigenvalue weighted by Crippen LogP contribution is 2.15. The lowest BCUT2D eigenvalue weighted by Gasteiger charge is -2.17. The topological polar surface area (TPSA) is 38.8 Å². The van der Waals surface area contributed by atoms with E-state index in [1.54, 1.807) is 12.0 Å². The quantitative estimate of drug-likeness (QED) is 0.742. The molecule has 0 N–H and O–H groups in total. The van der Waals surface area contributed by atoms with Gasteiger partial charge in [-0.3, -0.25) is 4.79 Å². The Morgan fingerprint density at radius 1 is 0.958 bits per heavy atom. The van der Waals surface area contributed by atoms with Crippen LogP contribution in [0.5, 0.6) is 11.5 Å². The van der Waals surface area contributed by atoms with Crippen molar-refractivity contribution in [3.63, 3.8) is 0 Å². The summed E-state index contributed by atoms with van der Waals surface area (Å²) in [6.07, 6.45) is 1.23. The summed E-state index contributed by atoms with van der Waals surface area (Å²) >= 11 is 0. The lowest BCUT2D eigenvalue weighted by Crippen LogP contribution is -2.26. The minimum absolute atomic E-state index is 0.139. The second-order valence-corrected chi connectivity index (χ2v) is 5.67. The Bertz CT molecular complexity index is 635. The van der Waals surface area contributed by atoms with Crippen molar-refractivity contribution in [2.24, 2.45) is 0 Å². The van der Waals surface area contributed by atoms with E-state index in [-0.39, 0.29) is 5.91 Å². The summed E-state index contributed by atoms with van der Waals surface area (Å²) in [6, 6.07) is 15.7. The molecule has 128 valence electrons. The summed E-state index contributed by atoms with van der Waals surface area (Å²) in [5.74, 6) is 1.83. The Morgan fingerprint density at radius 2 is 1.54 bits per heavy atom. The summed E-state index contributed by atoms with van der Waals surface area (Å²) in [7, 11) is 3.49. The Labute approximate surface area is 144 Å². The van der Waals surface area contributed by atoms with Gasteiger partial charge in [0.25, 0.3) is 0 Å². The second-order valence-electron chi connectivity index (χ2n) is 5.67. The molecule has 0 atom stereocenters. The summed E-state index contributed by atoms with van der Waals surface area (Å²) < 4.78 is 10.6. The largest absolute Gasteiger partial charge is 0.497 e. The molecule has 4 nitrogen and oxygen atoms in total.